The van der Waals surface area contributed by atoms with E-state index in [1.54, 1.807) is 14.2 Å². The summed E-state index contributed by atoms with van der Waals surface area (Å²) >= 11 is 4.05. The Bertz CT molecular complexity index is 1070. The number of aromatic nitrogens is 1. The topological polar surface area (TPSA) is 72.6 Å². The zero-order valence-electron chi connectivity index (χ0n) is 25.3. The standard InChI is InChI=1S/C14H17NO2.C11H17N.C5H13N.CH3NS/c1-4-5-10-6-7-15-12-9-14(17-3)13(16-2)8-11(10)12;1-8-5-9(2)10(3)7-11(6-8)12-4;1-4-5-6(2)3;2-1-3/h6-9H,4-5H2,1-3H3;5,7,12H,6H2,1-4H3;4-5H2,1-3H3;1H,(H2,2,3). The van der Waals surface area contributed by atoms with Gasteiger partial charge >= 0.3 is 0 Å². The van der Waals surface area contributed by atoms with Gasteiger partial charge in [-0.2, -0.15) is 0 Å². The first-order valence-corrected chi connectivity index (χ1v) is 13.6. The third-order valence-corrected chi connectivity index (χ3v) is 5.79. The Morgan fingerprint density at radius 2 is 1.61 bits per heavy atom. The lowest BCUT2D eigenvalue weighted by Crippen LogP contribution is -2.11. The highest BCUT2D eigenvalue weighted by Gasteiger charge is 2.09. The number of nitrogens with one attached hydrogen (secondary N) is 1. The summed E-state index contributed by atoms with van der Waals surface area (Å²) in [5, 5.41) is 4.36. The monoisotopic (exact) mass is 542 g/mol. The van der Waals surface area contributed by atoms with Gasteiger partial charge in [-0.3, -0.25) is 4.98 Å². The van der Waals surface area contributed by atoms with Crippen molar-refractivity contribution in [3.63, 3.8) is 0 Å². The molecule has 0 saturated heterocycles. The molecule has 0 unspecified atom stereocenters. The molecule has 0 radical (unpaired) electrons. The number of pyridine rings is 1. The predicted molar refractivity (Wildman–Crippen MR) is 169 cm³/mol. The van der Waals surface area contributed by atoms with E-state index in [-0.39, 0.29) is 0 Å². The maximum Gasteiger partial charge on any atom is 0.162 e. The number of hydrogen-bond donors (Lipinski definition) is 2. The molecule has 0 atom stereocenters. The number of aryl methyl sites for hydroxylation is 1. The van der Waals surface area contributed by atoms with Crippen LogP contribution >= 0.6 is 12.2 Å². The second kappa shape index (κ2) is 20.1. The van der Waals surface area contributed by atoms with Gasteiger partial charge in [0.05, 0.1) is 25.2 Å². The van der Waals surface area contributed by atoms with Crippen molar-refractivity contribution < 1.29 is 9.47 Å². The van der Waals surface area contributed by atoms with Gasteiger partial charge in [0.1, 0.15) is 0 Å². The number of allylic oxidation sites excluding steroid dienone is 5. The number of ether oxygens (including phenoxy) is 2. The molecule has 0 fully saturated rings. The predicted octanol–water partition coefficient (Wildman–Crippen LogP) is 6.84. The number of hydrogen-bond acceptors (Lipinski definition) is 6. The zero-order chi connectivity index (χ0) is 29.1. The van der Waals surface area contributed by atoms with Crippen LogP contribution in [0.5, 0.6) is 11.5 Å². The molecule has 1 aliphatic rings. The van der Waals surface area contributed by atoms with Crippen molar-refractivity contribution in [2.45, 2.75) is 60.3 Å². The van der Waals surface area contributed by atoms with Crippen LogP contribution < -0.4 is 20.5 Å². The lowest BCUT2D eigenvalue weighted by Gasteiger charge is -2.11. The number of nitrogens with zero attached hydrogens (tertiary/aromatic N) is 2. The molecule has 0 bridgehead atoms. The summed E-state index contributed by atoms with van der Waals surface area (Å²) in [7, 11) is 9.44. The van der Waals surface area contributed by atoms with Gasteiger partial charge in [0.15, 0.2) is 11.5 Å². The highest BCUT2D eigenvalue weighted by Crippen LogP contribution is 2.32. The fourth-order valence-electron chi connectivity index (χ4n) is 3.89. The summed E-state index contributed by atoms with van der Waals surface area (Å²) in [6.45, 7) is 12.1. The molecule has 1 heterocycles. The van der Waals surface area contributed by atoms with Crippen LogP contribution in [0.3, 0.4) is 0 Å². The molecule has 3 rings (SSSR count). The van der Waals surface area contributed by atoms with Gasteiger partial charge < -0.3 is 25.4 Å². The average molecular weight is 543 g/mol. The van der Waals surface area contributed by atoms with Crippen molar-refractivity contribution >= 4 is 28.6 Å². The van der Waals surface area contributed by atoms with Gasteiger partial charge in [0.2, 0.25) is 0 Å². The van der Waals surface area contributed by atoms with Crippen LogP contribution in [-0.4, -0.2) is 57.3 Å². The second-order valence-corrected chi connectivity index (χ2v) is 9.61. The summed E-state index contributed by atoms with van der Waals surface area (Å²) in [5.41, 5.74) is 13.3. The van der Waals surface area contributed by atoms with E-state index in [9.17, 15) is 0 Å². The van der Waals surface area contributed by atoms with Crippen LogP contribution in [0.15, 0.2) is 59.0 Å². The Kier molecular flexibility index (Phi) is 18.6. The molecule has 7 heteroatoms. The molecule has 212 valence electrons. The third-order valence-electron chi connectivity index (χ3n) is 5.79. The first-order chi connectivity index (χ1) is 18.1. The van der Waals surface area contributed by atoms with Crippen LogP contribution in [0.2, 0.25) is 0 Å². The van der Waals surface area contributed by atoms with Gasteiger partial charge in [0, 0.05) is 36.8 Å². The minimum atomic E-state index is 0.723. The largest absolute Gasteiger partial charge is 0.493 e. The number of thiocarbonyl (C=S) groups is 1. The summed E-state index contributed by atoms with van der Waals surface area (Å²) in [6, 6.07) is 6.00. The first kappa shape index (κ1) is 35.1. The van der Waals surface area contributed by atoms with Gasteiger partial charge in [-0.05, 0) is 89.2 Å². The Labute approximate surface area is 237 Å². The molecule has 6 nitrogen and oxygen atoms in total. The van der Waals surface area contributed by atoms with Crippen LogP contribution in [0.1, 0.15) is 59.4 Å². The van der Waals surface area contributed by atoms with Gasteiger partial charge in [0.25, 0.3) is 0 Å². The fourth-order valence-corrected chi connectivity index (χ4v) is 3.89. The van der Waals surface area contributed by atoms with E-state index < -0.39 is 0 Å². The maximum absolute atomic E-state index is 5.32. The van der Waals surface area contributed by atoms with E-state index in [4.69, 9.17) is 9.47 Å². The molecular formula is C31H50N4O2S. The number of benzene rings is 1. The minimum Gasteiger partial charge on any atom is -0.493 e. The number of rotatable bonds is 7. The lowest BCUT2D eigenvalue weighted by atomic mass is 10.0. The van der Waals surface area contributed by atoms with E-state index in [0.717, 1.165) is 47.2 Å². The van der Waals surface area contributed by atoms with Crippen molar-refractivity contribution in [3.05, 3.63) is 64.5 Å². The summed E-state index contributed by atoms with van der Waals surface area (Å²) in [4.78, 5) is 6.55. The van der Waals surface area contributed by atoms with Gasteiger partial charge in [-0.1, -0.05) is 44.1 Å². The number of fused-ring (bicyclic) bond motifs is 1. The Morgan fingerprint density at radius 1 is 1.03 bits per heavy atom. The molecule has 0 aliphatic heterocycles. The highest BCUT2D eigenvalue weighted by atomic mass is 32.1. The lowest BCUT2D eigenvalue weighted by molar-refractivity contribution is 0.355. The Morgan fingerprint density at radius 3 is 2.08 bits per heavy atom. The SMILES string of the molecule is CCCN(C)C.CCCc1ccnc2cc(OC)c(OC)cc12.CNC1=CC(C)=C(C)C=C(C)C1.NC=S. The van der Waals surface area contributed by atoms with Crippen molar-refractivity contribution in [3.8, 4) is 11.5 Å². The van der Waals surface area contributed by atoms with Gasteiger partial charge in [-0.15, -0.1) is 0 Å². The molecule has 0 saturated carbocycles. The molecule has 1 aliphatic carbocycles. The van der Waals surface area contributed by atoms with Crippen molar-refractivity contribution in [1.29, 1.82) is 0 Å². The summed E-state index contributed by atoms with van der Waals surface area (Å²) < 4.78 is 10.6. The number of nitrogens with two attached hydrogens (primary N) is 1. The van der Waals surface area contributed by atoms with Crippen molar-refractivity contribution in [2.75, 3.05) is 41.9 Å². The maximum atomic E-state index is 5.32. The Balaban J connectivity index is 0.000000567. The molecule has 1 aromatic carbocycles. The molecule has 0 spiro atoms. The molecule has 2 aromatic rings. The van der Waals surface area contributed by atoms with Crippen LogP contribution in [0.4, 0.5) is 0 Å². The van der Waals surface area contributed by atoms with Crippen LogP contribution in [0.25, 0.3) is 10.9 Å². The molecule has 1 aromatic heterocycles. The summed E-state index contributed by atoms with van der Waals surface area (Å²) in [6.07, 6.45) is 10.8. The molecular weight excluding hydrogens is 492 g/mol. The number of methoxy groups -OCH3 is 2. The van der Waals surface area contributed by atoms with Gasteiger partial charge in [-0.25, -0.2) is 0 Å². The van der Waals surface area contributed by atoms with E-state index >= 15 is 0 Å². The smallest absolute Gasteiger partial charge is 0.162 e. The van der Waals surface area contributed by atoms with E-state index in [1.165, 1.54) is 40.9 Å². The van der Waals surface area contributed by atoms with E-state index in [1.807, 2.05) is 25.4 Å². The Hall–Kier alpha value is -2.90. The second-order valence-electron chi connectivity index (χ2n) is 9.34. The van der Waals surface area contributed by atoms with Crippen molar-refractivity contribution in [2.24, 2.45) is 5.73 Å². The van der Waals surface area contributed by atoms with Crippen LogP contribution in [-0.2, 0) is 6.42 Å². The van der Waals surface area contributed by atoms with E-state index in [0.29, 0.717) is 0 Å². The normalized spacial score (nSPS) is 12.4. The summed E-state index contributed by atoms with van der Waals surface area (Å²) in [5.74, 6) is 1.48. The van der Waals surface area contributed by atoms with E-state index in [2.05, 4.69) is 100 Å². The highest BCUT2D eigenvalue weighted by molar-refractivity contribution is 7.78. The zero-order valence-corrected chi connectivity index (χ0v) is 26.1. The average Bonchev–Trinajstić information content (AvgIpc) is 3.01. The third kappa shape index (κ3) is 13.1. The fraction of sp³-hybridized carbons (Fsp3) is 0.484. The first-order valence-electron chi connectivity index (χ1n) is 13.1. The quantitative estimate of drug-likeness (QED) is 0.371. The van der Waals surface area contributed by atoms with Crippen LogP contribution in [0, 0.1) is 0 Å². The minimum absolute atomic E-state index is 0.723. The molecule has 3 N–H and O–H groups in total. The van der Waals surface area contributed by atoms with Crippen molar-refractivity contribution in [1.82, 2.24) is 15.2 Å². The molecule has 38 heavy (non-hydrogen) atoms. The molecule has 0 amide bonds.